The third-order valence-corrected chi connectivity index (χ3v) is 10.0. The Kier molecular flexibility index (Phi) is 11.9. The van der Waals surface area contributed by atoms with Gasteiger partial charge >= 0.3 is 12.1 Å². The number of nitrogens with zero attached hydrogens (tertiary/aromatic N) is 2. The molecule has 4 aromatic rings. The number of aromatic nitrogens is 1. The Morgan fingerprint density at radius 2 is 1.83 bits per heavy atom. The maximum absolute atomic E-state index is 15.7. The molecule has 1 aliphatic heterocycles. The van der Waals surface area contributed by atoms with Crippen molar-refractivity contribution in [2.75, 3.05) is 26.2 Å². The number of carbonyl (C=O) groups excluding carboxylic acids is 2. The Labute approximate surface area is 300 Å². The fraction of sp³-hybridized carbons (Fsp3) is 0.378. The van der Waals surface area contributed by atoms with Crippen LogP contribution < -0.4 is 10.9 Å². The van der Waals surface area contributed by atoms with Crippen LogP contribution in [0.5, 0.6) is 5.75 Å². The molecule has 2 aromatic heterocycles. The predicted octanol–water partition coefficient (Wildman–Crippen LogP) is 6.15. The summed E-state index contributed by atoms with van der Waals surface area (Å²) in [6, 6.07) is 7.37. The fourth-order valence-corrected chi connectivity index (χ4v) is 7.56. The fourth-order valence-electron chi connectivity index (χ4n) is 6.36. The van der Waals surface area contributed by atoms with Gasteiger partial charge in [0.25, 0.3) is 5.56 Å². The zero-order valence-electron chi connectivity index (χ0n) is 28.6. The van der Waals surface area contributed by atoms with Gasteiger partial charge < -0.3 is 20.3 Å². The molecule has 1 amide bonds. The molecular formula is C37H38F5N3O6S. The number of pyridine rings is 1. The molecule has 0 aliphatic carbocycles. The molecule has 0 saturated carbocycles. The first-order valence-electron chi connectivity index (χ1n) is 16.5. The number of aryl methyl sites for hydroxylation is 2. The van der Waals surface area contributed by atoms with E-state index in [-0.39, 0.29) is 49.5 Å². The molecular weight excluding hydrogens is 709 g/mol. The first kappa shape index (κ1) is 38.6. The number of phenols is 1. The van der Waals surface area contributed by atoms with Crippen molar-refractivity contribution in [1.82, 2.24) is 14.8 Å². The minimum atomic E-state index is -4.95. The van der Waals surface area contributed by atoms with Gasteiger partial charge in [0.15, 0.2) is 0 Å². The standard InChI is InChI=1S/C37H38F5N3O6S/c1-4-51-33(49)15-29(25-13-31(52-21(25)3)34-20(2)6-5-7-30(34)47)43-36(50)35(26-12-22(19-46)8-9-28(26)39)45-16-23(10-11-44-17-24(38)18-44)27(14-32(45)48)37(40,41)42/h5-9,12-14,16,24,29,35,46-47H,4,10-11,15,17-19H2,1-3H3,(H,43,50)/t29-,35?/m0/s1. The Bertz CT molecular complexity index is 1990. The van der Waals surface area contributed by atoms with Crippen LogP contribution in [-0.4, -0.2) is 64.0 Å². The number of hydrogen-bond acceptors (Lipinski definition) is 8. The molecule has 1 fully saturated rings. The lowest BCUT2D eigenvalue weighted by Gasteiger charge is -2.34. The highest BCUT2D eigenvalue weighted by Crippen LogP contribution is 2.41. The number of rotatable bonds is 13. The van der Waals surface area contributed by atoms with Crippen LogP contribution in [0.3, 0.4) is 0 Å². The molecule has 1 saturated heterocycles. The number of carbonyl (C=O) groups is 2. The SMILES string of the molecule is CCOC(=O)C[C@H](NC(=O)C(c1cc(CO)ccc1F)n1cc(CCN2CC(F)C2)c(C(F)(F)F)cc1=O)c1cc(-c2c(C)cccc2O)sc1C. The monoisotopic (exact) mass is 747 g/mol. The molecule has 3 heterocycles. The molecule has 15 heteroatoms. The van der Waals surface area contributed by atoms with E-state index >= 15 is 4.39 Å². The summed E-state index contributed by atoms with van der Waals surface area (Å²) in [7, 11) is 0. The molecule has 1 aliphatic rings. The lowest BCUT2D eigenvalue weighted by Crippen LogP contribution is -2.49. The number of benzene rings is 2. The second-order valence-electron chi connectivity index (χ2n) is 12.6. The number of thiophene rings is 1. The largest absolute Gasteiger partial charge is 0.507 e. The number of halogens is 5. The Morgan fingerprint density at radius 1 is 1.10 bits per heavy atom. The summed E-state index contributed by atoms with van der Waals surface area (Å²) in [6.07, 6.45) is -5.85. The van der Waals surface area contributed by atoms with Gasteiger partial charge in [-0.15, -0.1) is 11.3 Å². The number of amides is 1. The van der Waals surface area contributed by atoms with Gasteiger partial charge in [0.1, 0.15) is 23.8 Å². The Balaban J connectivity index is 1.62. The summed E-state index contributed by atoms with van der Waals surface area (Å²) in [4.78, 5) is 43.7. The van der Waals surface area contributed by atoms with Gasteiger partial charge in [-0.2, -0.15) is 13.2 Å². The van der Waals surface area contributed by atoms with Gasteiger partial charge in [-0.1, -0.05) is 18.2 Å². The van der Waals surface area contributed by atoms with Crippen LogP contribution in [0, 0.1) is 19.7 Å². The molecule has 5 rings (SSSR count). The van der Waals surface area contributed by atoms with E-state index in [1.54, 1.807) is 43.9 Å². The number of nitrogens with one attached hydrogen (secondary N) is 1. The number of phenolic OH excluding ortho intramolecular Hbond substituents is 1. The van der Waals surface area contributed by atoms with Gasteiger partial charge in [0.2, 0.25) is 5.91 Å². The minimum absolute atomic E-state index is 0.00851. The molecule has 278 valence electrons. The predicted molar refractivity (Wildman–Crippen MR) is 184 cm³/mol. The number of esters is 1. The van der Waals surface area contributed by atoms with Crippen LogP contribution in [0.4, 0.5) is 22.0 Å². The number of alkyl halides is 4. The lowest BCUT2D eigenvalue weighted by atomic mass is 9.98. The van der Waals surface area contributed by atoms with E-state index in [2.05, 4.69) is 5.32 Å². The van der Waals surface area contributed by atoms with Crippen LogP contribution in [0.25, 0.3) is 10.4 Å². The van der Waals surface area contributed by atoms with Crippen molar-refractivity contribution in [2.45, 2.75) is 64.7 Å². The average Bonchev–Trinajstić information content (AvgIpc) is 3.44. The highest BCUT2D eigenvalue weighted by molar-refractivity contribution is 7.15. The molecule has 0 bridgehead atoms. The summed E-state index contributed by atoms with van der Waals surface area (Å²) in [5.41, 5.74) is -1.38. The Morgan fingerprint density at radius 3 is 2.46 bits per heavy atom. The molecule has 2 atom stereocenters. The van der Waals surface area contributed by atoms with Crippen LogP contribution in [0.1, 0.15) is 63.7 Å². The van der Waals surface area contributed by atoms with E-state index in [1.165, 1.54) is 23.5 Å². The van der Waals surface area contributed by atoms with E-state index < -0.39 is 71.8 Å². The van der Waals surface area contributed by atoms with Gasteiger partial charge in [-0.25, -0.2) is 8.78 Å². The molecule has 3 N–H and O–H groups in total. The summed E-state index contributed by atoms with van der Waals surface area (Å²) in [5, 5.41) is 23.2. The smallest absolute Gasteiger partial charge is 0.416 e. The second kappa shape index (κ2) is 16.0. The van der Waals surface area contributed by atoms with Crippen LogP contribution in [0.2, 0.25) is 0 Å². The quantitative estimate of drug-likeness (QED) is 0.111. The van der Waals surface area contributed by atoms with E-state index in [0.29, 0.717) is 31.5 Å². The van der Waals surface area contributed by atoms with Gasteiger partial charge in [-0.3, -0.25) is 23.9 Å². The minimum Gasteiger partial charge on any atom is -0.507 e. The van der Waals surface area contributed by atoms with Gasteiger partial charge in [0, 0.05) is 52.8 Å². The highest BCUT2D eigenvalue weighted by atomic mass is 32.1. The topological polar surface area (TPSA) is 121 Å². The van der Waals surface area contributed by atoms with Crippen LogP contribution >= 0.6 is 11.3 Å². The third kappa shape index (κ3) is 8.54. The summed E-state index contributed by atoms with van der Waals surface area (Å²) in [5.74, 6) is -2.70. The second-order valence-corrected chi connectivity index (χ2v) is 13.9. The summed E-state index contributed by atoms with van der Waals surface area (Å²) in [6.45, 7) is 4.71. The van der Waals surface area contributed by atoms with Crippen LogP contribution in [0.15, 0.2) is 59.5 Å². The highest BCUT2D eigenvalue weighted by Gasteiger charge is 2.37. The number of likely N-dealkylation sites (tertiary alicyclic amines) is 1. The van der Waals surface area contributed by atoms with Crippen molar-refractivity contribution >= 4 is 23.2 Å². The average molecular weight is 748 g/mol. The third-order valence-electron chi connectivity index (χ3n) is 8.96. The molecule has 2 aromatic carbocycles. The van der Waals surface area contributed by atoms with Crippen molar-refractivity contribution in [3.05, 3.63) is 109 Å². The Hall–Kier alpha value is -4.60. The molecule has 1 unspecified atom stereocenters. The van der Waals surface area contributed by atoms with E-state index in [0.717, 1.165) is 23.9 Å². The van der Waals surface area contributed by atoms with Crippen molar-refractivity contribution < 1.29 is 46.5 Å². The van der Waals surface area contributed by atoms with E-state index in [4.69, 9.17) is 4.74 Å². The number of ether oxygens (including phenoxy) is 1. The molecule has 0 spiro atoms. The van der Waals surface area contributed by atoms with Crippen molar-refractivity contribution in [2.24, 2.45) is 0 Å². The zero-order chi connectivity index (χ0) is 37.9. The zero-order valence-corrected chi connectivity index (χ0v) is 29.4. The van der Waals surface area contributed by atoms with Crippen molar-refractivity contribution in [1.29, 1.82) is 0 Å². The maximum atomic E-state index is 15.7. The molecule has 0 radical (unpaired) electrons. The lowest BCUT2D eigenvalue weighted by molar-refractivity contribution is -0.144. The molecule has 52 heavy (non-hydrogen) atoms. The number of aliphatic hydroxyl groups is 1. The summed E-state index contributed by atoms with van der Waals surface area (Å²) < 4.78 is 77.6. The first-order chi connectivity index (χ1) is 24.6. The number of aromatic hydroxyl groups is 1. The molecule has 9 nitrogen and oxygen atoms in total. The van der Waals surface area contributed by atoms with Gasteiger partial charge in [-0.05, 0) is 73.7 Å². The van der Waals surface area contributed by atoms with Crippen molar-refractivity contribution in [3.8, 4) is 16.2 Å². The van der Waals surface area contributed by atoms with E-state index in [9.17, 15) is 42.2 Å². The first-order valence-corrected chi connectivity index (χ1v) is 17.4. The number of aliphatic hydroxyl groups excluding tert-OH is 1. The van der Waals surface area contributed by atoms with Crippen molar-refractivity contribution in [3.63, 3.8) is 0 Å². The maximum Gasteiger partial charge on any atom is 0.416 e. The van der Waals surface area contributed by atoms with E-state index in [1.807, 2.05) is 0 Å². The number of hydrogen-bond donors (Lipinski definition) is 3. The van der Waals surface area contributed by atoms with Gasteiger partial charge in [0.05, 0.1) is 31.2 Å². The summed E-state index contributed by atoms with van der Waals surface area (Å²) >= 11 is 1.28. The van der Waals surface area contributed by atoms with Crippen LogP contribution in [-0.2, 0) is 33.5 Å². The normalized spacial score (nSPS) is 14.9.